The Morgan fingerprint density at radius 3 is 2.47 bits per heavy atom. The molecule has 2 aromatic carbocycles. The van der Waals surface area contributed by atoms with Crippen molar-refractivity contribution >= 4 is 70.2 Å². The van der Waals surface area contributed by atoms with Crippen LogP contribution in [0.3, 0.4) is 0 Å². The van der Waals surface area contributed by atoms with E-state index in [0.717, 1.165) is 25.8 Å². The summed E-state index contributed by atoms with van der Waals surface area (Å²) in [6.45, 7) is 0. The Balaban J connectivity index is 2.83. The van der Waals surface area contributed by atoms with Gasteiger partial charge in [0, 0.05) is 14.9 Å². The number of hydrogen-bond acceptors (Lipinski definition) is 0. The van der Waals surface area contributed by atoms with Crippen LogP contribution in [0.1, 0.15) is 9.30 Å². The van der Waals surface area contributed by atoms with Crippen LogP contribution in [0.2, 0.25) is 5.02 Å². The summed E-state index contributed by atoms with van der Waals surface area (Å²) in [5.41, 5.74) is 1.13. The van der Waals surface area contributed by atoms with Crippen LogP contribution in [0.25, 0.3) is 10.8 Å². The lowest BCUT2D eigenvalue weighted by atomic mass is 10.1. The molecule has 78 valence electrons. The van der Waals surface area contributed by atoms with Crippen molar-refractivity contribution in [2.24, 2.45) is 0 Å². The molecule has 0 unspecified atom stereocenters. The molecule has 0 aliphatic carbocycles. The number of hydrogen-bond donors (Lipinski definition) is 0. The summed E-state index contributed by atoms with van der Waals surface area (Å²) in [7, 11) is 0. The van der Waals surface area contributed by atoms with E-state index in [0.29, 0.717) is 0 Å². The van der Waals surface area contributed by atoms with Gasteiger partial charge >= 0.3 is 0 Å². The standard InChI is InChI=1S/C11H6Br3Cl/c12-10-7(11(13)14)5-4-6-2-1-3-8(15)9(6)10/h1-5,11H. The fraction of sp³-hybridized carbons (Fsp3) is 0.0909. The van der Waals surface area contributed by atoms with Crippen molar-refractivity contribution in [1.82, 2.24) is 0 Å². The van der Waals surface area contributed by atoms with Crippen LogP contribution in [0.4, 0.5) is 0 Å². The van der Waals surface area contributed by atoms with Crippen molar-refractivity contribution in [3.8, 4) is 0 Å². The molecule has 0 nitrogen and oxygen atoms in total. The van der Waals surface area contributed by atoms with Gasteiger partial charge in [-0.05, 0) is 32.9 Å². The van der Waals surface area contributed by atoms with E-state index in [2.05, 4.69) is 59.9 Å². The number of rotatable bonds is 1. The van der Waals surface area contributed by atoms with E-state index in [-0.39, 0.29) is 3.74 Å². The molecule has 0 radical (unpaired) electrons. The summed E-state index contributed by atoms with van der Waals surface area (Å²) in [6, 6.07) is 10.0. The van der Waals surface area contributed by atoms with Crippen molar-refractivity contribution < 1.29 is 0 Å². The van der Waals surface area contributed by atoms with Gasteiger partial charge in [0.1, 0.15) is 0 Å². The van der Waals surface area contributed by atoms with Gasteiger partial charge in [0.25, 0.3) is 0 Å². The largest absolute Gasteiger partial charge is 0.0957 e. The summed E-state index contributed by atoms with van der Waals surface area (Å²) >= 11 is 16.7. The number of fused-ring (bicyclic) bond motifs is 1. The highest BCUT2D eigenvalue weighted by Gasteiger charge is 2.11. The first-order valence-electron chi connectivity index (χ1n) is 4.26. The first kappa shape index (κ1) is 11.9. The molecule has 0 bridgehead atoms. The van der Waals surface area contributed by atoms with E-state index in [1.54, 1.807) is 0 Å². The van der Waals surface area contributed by atoms with E-state index >= 15 is 0 Å². The molecule has 0 amide bonds. The zero-order chi connectivity index (χ0) is 11.0. The van der Waals surface area contributed by atoms with Gasteiger partial charge in [0.15, 0.2) is 0 Å². The third kappa shape index (κ3) is 2.26. The van der Waals surface area contributed by atoms with E-state index in [4.69, 9.17) is 11.6 Å². The normalized spacial score (nSPS) is 11.3. The average molecular weight is 413 g/mol. The van der Waals surface area contributed by atoms with Crippen LogP contribution < -0.4 is 0 Å². The predicted molar refractivity (Wildman–Crippen MR) is 77.3 cm³/mol. The van der Waals surface area contributed by atoms with Crippen molar-refractivity contribution in [3.63, 3.8) is 0 Å². The van der Waals surface area contributed by atoms with Gasteiger partial charge in [0.2, 0.25) is 0 Å². The maximum atomic E-state index is 6.18. The van der Waals surface area contributed by atoms with Crippen molar-refractivity contribution in [3.05, 3.63) is 45.4 Å². The Hall–Kier alpha value is 0.430. The summed E-state index contributed by atoms with van der Waals surface area (Å²) in [5.74, 6) is 0. The molecule has 0 aliphatic rings. The predicted octanol–water partition coefficient (Wildman–Crippen LogP) is 6.04. The molecule has 0 aromatic heterocycles. The summed E-state index contributed by atoms with van der Waals surface area (Å²) < 4.78 is 1.16. The van der Waals surface area contributed by atoms with E-state index in [1.165, 1.54) is 0 Å². The fourth-order valence-corrected chi connectivity index (χ4v) is 4.05. The van der Waals surface area contributed by atoms with Crippen LogP contribution in [0.15, 0.2) is 34.8 Å². The molecule has 0 saturated heterocycles. The van der Waals surface area contributed by atoms with Gasteiger partial charge in [-0.25, -0.2) is 0 Å². The minimum Gasteiger partial charge on any atom is -0.0836 e. The minimum absolute atomic E-state index is 0.125. The van der Waals surface area contributed by atoms with Gasteiger partial charge in [0.05, 0.1) is 3.74 Å². The highest BCUT2D eigenvalue weighted by atomic mass is 79.9. The molecule has 15 heavy (non-hydrogen) atoms. The van der Waals surface area contributed by atoms with Crippen molar-refractivity contribution in [2.75, 3.05) is 0 Å². The first-order chi connectivity index (χ1) is 7.11. The van der Waals surface area contributed by atoms with Crippen LogP contribution in [0, 0.1) is 0 Å². The molecule has 0 saturated carbocycles. The molecule has 4 heteroatoms. The lowest BCUT2D eigenvalue weighted by Crippen LogP contribution is -1.85. The quantitative estimate of drug-likeness (QED) is 0.500. The molecule has 2 rings (SSSR count). The summed E-state index contributed by atoms with van der Waals surface area (Å²) in [6.07, 6.45) is 0. The molecule has 2 aromatic rings. The second-order valence-electron chi connectivity index (χ2n) is 3.11. The molecule has 0 fully saturated rings. The molecular formula is C11H6Br3Cl. The Bertz CT molecular complexity index is 508. The molecule has 0 atom stereocenters. The van der Waals surface area contributed by atoms with Crippen LogP contribution in [-0.2, 0) is 0 Å². The second kappa shape index (κ2) is 4.74. The maximum absolute atomic E-state index is 6.18. The third-order valence-electron chi connectivity index (χ3n) is 2.20. The van der Waals surface area contributed by atoms with E-state index in [9.17, 15) is 0 Å². The Morgan fingerprint density at radius 1 is 1.07 bits per heavy atom. The van der Waals surface area contributed by atoms with Crippen molar-refractivity contribution in [1.29, 1.82) is 0 Å². The van der Waals surface area contributed by atoms with Gasteiger partial charge in [-0.3, -0.25) is 0 Å². The highest BCUT2D eigenvalue weighted by Crippen LogP contribution is 2.40. The number of alkyl halides is 2. The monoisotopic (exact) mass is 410 g/mol. The lowest BCUT2D eigenvalue weighted by molar-refractivity contribution is 1.42. The zero-order valence-electron chi connectivity index (χ0n) is 7.48. The zero-order valence-corrected chi connectivity index (χ0v) is 13.0. The lowest BCUT2D eigenvalue weighted by Gasteiger charge is -2.10. The van der Waals surface area contributed by atoms with Gasteiger partial charge in [-0.1, -0.05) is 67.7 Å². The molecule has 0 aliphatic heterocycles. The minimum atomic E-state index is 0.125. The summed E-state index contributed by atoms with van der Waals surface area (Å²) in [4.78, 5) is 0. The Labute approximate surface area is 118 Å². The highest BCUT2D eigenvalue weighted by molar-refractivity contribution is 9.24. The molecule has 0 spiro atoms. The van der Waals surface area contributed by atoms with Gasteiger partial charge in [-0.15, -0.1) is 0 Å². The second-order valence-corrected chi connectivity index (χ2v) is 7.37. The van der Waals surface area contributed by atoms with E-state index in [1.807, 2.05) is 18.2 Å². The van der Waals surface area contributed by atoms with E-state index < -0.39 is 0 Å². The molecule has 0 N–H and O–H groups in total. The summed E-state index contributed by atoms with van der Waals surface area (Å²) in [5, 5.41) is 2.96. The molecular weight excluding hydrogens is 407 g/mol. The molecule has 0 heterocycles. The van der Waals surface area contributed by atoms with Crippen LogP contribution in [-0.4, -0.2) is 0 Å². The number of halogens is 4. The van der Waals surface area contributed by atoms with Gasteiger partial charge < -0.3 is 0 Å². The fourth-order valence-electron chi connectivity index (χ4n) is 1.48. The van der Waals surface area contributed by atoms with Crippen LogP contribution in [0.5, 0.6) is 0 Å². The Kier molecular flexibility index (Phi) is 3.76. The van der Waals surface area contributed by atoms with Crippen LogP contribution >= 0.6 is 59.4 Å². The maximum Gasteiger partial charge on any atom is 0.0957 e. The number of benzene rings is 2. The third-order valence-corrected chi connectivity index (χ3v) is 4.35. The van der Waals surface area contributed by atoms with Crippen molar-refractivity contribution in [2.45, 2.75) is 3.74 Å². The van der Waals surface area contributed by atoms with Gasteiger partial charge in [-0.2, -0.15) is 0 Å². The average Bonchev–Trinajstić information content (AvgIpc) is 2.17. The first-order valence-corrected chi connectivity index (χ1v) is 7.26. The Morgan fingerprint density at radius 2 is 1.80 bits per heavy atom. The topological polar surface area (TPSA) is 0 Å². The SMILES string of the molecule is Clc1cccc2ccc(C(Br)Br)c(Br)c12. The smallest absolute Gasteiger partial charge is 0.0836 e.